The smallest absolute Gasteiger partial charge is 0.339 e. The monoisotopic (exact) mass is 246 g/mol. The molecule has 0 aliphatic carbocycles. The SMILES string of the molecule is CCc1nn(-c2ncccn2)c(CC)c1C(=O)O. The minimum absolute atomic E-state index is 0.271. The van der Waals surface area contributed by atoms with Crippen molar-refractivity contribution in [2.24, 2.45) is 0 Å². The third-order valence-electron chi connectivity index (χ3n) is 2.68. The first-order chi connectivity index (χ1) is 8.69. The molecule has 2 rings (SSSR count). The van der Waals surface area contributed by atoms with E-state index >= 15 is 0 Å². The second-order valence-electron chi connectivity index (χ2n) is 3.74. The highest BCUT2D eigenvalue weighted by molar-refractivity contribution is 5.90. The Morgan fingerprint density at radius 1 is 1.28 bits per heavy atom. The first-order valence-electron chi connectivity index (χ1n) is 5.80. The molecule has 0 bridgehead atoms. The molecule has 2 aromatic heterocycles. The minimum atomic E-state index is -0.953. The van der Waals surface area contributed by atoms with Gasteiger partial charge in [-0.05, 0) is 18.9 Å². The van der Waals surface area contributed by atoms with Crippen LogP contribution in [0.2, 0.25) is 0 Å². The van der Waals surface area contributed by atoms with Crippen molar-refractivity contribution in [1.82, 2.24) is 19.7 Å². The van der Waals surface area contributed by atoms with Gasteiger partial charge < -0.3 is 5.11 Å². The van der Waals surface area contributed by atoms with Gasteiger partial charge in [0.25, 0.3) is 5.95 Å². The van der Waals surface area contributed by atoms with E-state index in [1.807, 2.05) is 13.8 Å². The van der Waals surface area contributed by atoms with Crippen LogP contribution in [0.3, 0.4) is 0 Å². The normalized spacial score (nSPS) is 10.6. The second kappa shape index (κ2) is 4.95. The molecule has 0 aromatic carbocycles. The van der Waals surface area contributed by atoms with E-state index in [1.165, 1.54) is 4.68 Å². The summed E-state index contributed by atoms with van der Waals surface area (Å²) < 4.78 is 1.52. The number of hydrogen-bond acceptors (Lipinski definition) is 4. The highest BCUT2D eigenvalue weighted by Gasteiger charge is 2.22. The van der Waals surface area contributed by atoms with Crippen LogP contribution in [0.1, 0.15) is 35.6 Å². The van der Waals surface area contributed by atoms with Crippen molar-refractivity contribution in [3.05, 3.63) is 35.4 Å². The number of aromatic nitrogens is 4. The zero-order valence-electron chi connectivity index (χ0n) is 10.3. The summed E-state index contributed by atoms with van der Waals surface area (Å²) >= 11 is 0. The lowest BCUT2D eigenvalue weighted by molar-refractivity contribution is 0.0694. The third-order valence-corrected chi connectivity index (χ3v) is 2.68. The van der Waals surface area contributed by atoms with E-state index in [0.29, 0.717) is 30.2 Å². The molecular weight excluding hydrogens is 232 g/mol. The molecule has 0 spiro atoms. The summed E-state index contributed by atoms with van der Waals surface area (Å²) in [5, 5.41) is 13.6. The third kappa shape index (κ3) is 1.97. The van der Waals surface area contributed by atoms with Crippen LogP contribution in [0.25, 0.3) is 5.95 Å². The zero-order valence-corrected chi connectivity index (χ0v) is 10.3. The topological polar surface area (TPSA) is 80.9 Å². The Labute approximate surface area is 104 Å². The van der Waals surface area contributed by atoms with Crippen LogP contribution in [0.4, 0.5) is 0 Å². The van der Waals surface area contributed by atoms with Crippen molar-refractivity contribution < 1.29 is 9.90 Å². The standard InChI is InChI=1S/C12H14N4O2/c1-3-8-10(11(17)18)9(4-2)16(15-8)12-13-6-5-7-14-12/h5-7H,3-4H2,1-2H3,(H,17,18). The summed E-state index contributed by atoms with van der Waals surface area (Å²) in [5.74, 6) is -0.553. The second-order valence-corrected chi connectivity index (χ2v) is 3.74. The van der Waals surface area contributed by atoms with E-state index < -0.39 is 5.97 Å². The van der Waals surface area contributed by atoms with Crippen LogP contribution >= 0.6 is 0 Å². The molecule has 0 atom stereocenters. The van der Waals surface area contributed by atoms with Gasteiger partial charge in [0.1, 0.15) is 5.56 Å². The van der Waals surface area contributed by atoms with Crippen molar-refractivity contribution in [3.8, 4) is 5.95 Å². The molecule has 6 nitrogen and oxygen atoms in total. The fraction of sp³-hybridized carbons (Fsp3) is 0.333. The molecule has 2 aromatic rings. The lowest BCUT2D eigenvalue weighted by Crippen LogP contribution is -2.08. The highest BCUT2D eigenvalue weighted by atomic mass is 16.4. The molecule has 0 radical (unpaired) electrons. The fourth-order valence-electron chi connectivity index (χ4n) is 1.89. The van der Waals surface area contributed by atoms with E-state index in [2.05, 4.69) is 15.1 Å². The maximum absolute atomic E-state index is 11.3. The predicted octanol–water partition coefficient (Wildman–Crippen LogP) is 1.49. The summed E-state index contributed by atoms with van der Waals surface area (Å²) in [5.41, 5.74) is 1.46. The molecule has 18 heavy (non-hydrogen) atoms. The Hall–Kier alpha value is -2.24. The van der Waals surface area contributed by atoms with Gasteiger partial charge in [-0.2, -0.15) is 5.10 Å². The van der Waals surface area contributed by atoms with Gasteiger partial charge in [0.05, 0.1) is 11.4 Å². The summed E-state index contributed by atoms with van der Waals surface area (Å²) in [6.07, 6.45) is 4.34. The van der Waals surface area contributed by atoms with E-state index in [4.69, 9.17) is 0 Å². The Balaban J connectivity index is 2.65. The predicted molar refractivity (Wildman–Crippen MR) is 64.9 cm³/mol. The molecule has 2 heterocycles. The van der Waals surface area contributed by atoms with Crippen molar-refractivity contribution in [2.75, 3.05) is 0 Å². The van der Waals surface area contributed by atoms with Crippen LogP contribution in [0.5, 0.6) is 0 Å². The molecule has 1 N–H and O–H groups in total. The molecule has 6 heteroatoms. The quantitative estimate of drug-likeness (QED) is 0.883. The van der Waals surface area contributed by atoms with Gasteiger partial charge in [-0.1, -0.05) is 13.8 Å². The van der Waals surface area contributed by atoms with Gasteiger partial charge in [0.15, 0.2) is 0 Å². The van der Waals surface area contributed by atoms with Crippen LogP contribution in [0.15, 0.2) is 18.5 Å². The molecule has 0 amide bonds. The molecule has 0 aliphatic rings. The molecule has 0 saturated carbocycles. The summed E-state index contributed by atoms with van der Waals surface area (Å²) in [6, 6.07) is 1.71. The fourth-order valence-corrected chi connectivity index (χ4v) is 1.89. The number of aryl methyl sites for hydroxylation is 1. The first-order valence-corrected chi connectivity index (χ1v) is 5.80. The van der Waals surface area contributed by atoms with Crippen LogP contribution in [-0.2, 0) is 12.8 Å². The Kier molecular flexibility index (Phi) is 3.36. The Morgan fingerprint density at radius 2 is 1.94 bits per heavy atom. The van der Waals surface area contributed by atoms with E-state index in [0.717, 1.165) is 0 Å². The van der Waals surface area contributed by atoms with Crippen LogP contribution in [0, 0.1) is 0 Å². The number of carboxylic acid groups (broad SMARTS) is 1. The number of aromatic carboxylic acids is 1. The van der Waals surface area contributed by atoms with Gasteiger partial charge in [0.2, 0.25) is 0 Å². The van der Waals surface area contributed by atoms with E-state index in [-0.39, 0.29) is 5.56 Å². The molecule has 0 saturated heterocycles. The molecule has 0 unspecified atom stereocenters. The lowest BCUT2D eigenvalue weighted by atomic mass is 10.1. The number of carboxylic acids is 1. The Bertz CT molecular complexity index is 563. The van der Waals surface area contributed by atoms with Gasteiger partial charge in [-0.15, -0.1) is 0 Å². The average Bonchev–Trinajstić information content (AvgIpc) is 2.78. The summed E-state index contributed by atoms with van der Waals surface area (Å²) in [4.78, 5) is 19.5. The molecule has 0 aliphatic heterocycles. The molecule has 0 fully saturated rings. The van der Waals surface area contributed by atoms with Gasteiger partial charge in [0, 0.05) is 12.4 Å². The maximum Gasteiger partial charge on any atom is 0.339 e. The van der Waals surface area contributed by atoms with Gasteiger partial charge >= 0.3 is 5.97 Å². The van der Waals surface area contributed by atoms with Crippen LogP contribution < -0.4 is 0 Å². The van der Waals surface area contributed by atoms with Crippen LogP contribution in [-0.4, -0.2) is 30.8 Å². The molecule has 94 valence electrons. The molecular formula is C12H14N4O2. The number of nitrogens with zero attached hydrogens (tertiary/aromatic N) is 4. The van der Waals surface area contributed by atoms with E-state index in [9.17, 15) is 9.90 Å². The van der Waals surface area contributed by atoms with Gasteiger partial charge in [-0.25, -0.2) is 19.4 Å². The van der Waals surface area contributed by atoms with Crippen molar-refractivity contribution in [3.63, 3.8) is 0 Å². The van der Waals surface area contributed by atoms with Gasteiger partial charge in [-0.3, -0.25) is 0 Å². The first kappa shape index (κ1) is 12.2. The minimum Gasteiger partial charge on any atom is -0.478 e. The Morgan fingerprint density at radius 3 is 2.44 bits per heavy atom. The summed E-state index contributed by atoms with van der Waals surface area (Å²) in [6.45, 7) is 3.77. The van der Waals surface area contributed by atoms with Crippen molar-refractivity contribution in [2.45, 2.75) is 26.7 Å². The van der Waals surface area contributed by atoms with E-state index in [1.54, 1.807) is 18.5 Å². The highest BCUT2D eigenvalue weighted by Crippen LogP contribution is 2.18. The number of rotatable bonds is 4. The summed E-state index contributed by atoms with van der Waals surface area (Å²) in [7, 11) is 0. The average molecular weight is 246 g/mol. The largest absolute Gasteiger partial charge is 0.478 e. The zero-order chi connectivity index (χ0) is 13.1. The number of hydrogen-bond donors (Lipinski definition) is 1. The number of carbonyl (C=O) groups is 1. The lowest BCUT2D eigenvalue weighted by Gasteiger charge is -2.03. The maximum atomic E-state index is 11.3. The van der Waals surface area contributed by atoms with Crippen molar-refractivity contribution in [1.29, 1.82) is 0 Å². The van der Waals surface area contributed by atoms with Crippen molar-refractivity contribution >= 4 is 5.97 Å².